The first-order valence-electron chi connectivity index (χ1n) is 9.96. The van der Waals surface area contributed by atoms with Crippen LogP contribution in [0, 0.1) is 11.3 Å². The zero-order valence-electron chi connectivity index (χ0n) is 16.8. The largest absolute Gasteiger partial charge is 0.344 e. The van der Waals surface area contributed by atoms with Gasteiger partial charge in [0.2, 0.25) is 17.7 Å². The van der Waals surface area contributed by atoms with Crippen LogP contribution in [-0.2, 0) is 14.4 Å². The van der Waals surface area contributed by atoms with Crippen molar-refractivity contribution in [2.75, 3.05) is 10.2 Å². The van der Waals surface area contributed by atoms with Gasteiger partial charge in [0.15, 0.2) is 0 Å². The molecule has 0 radical (unpaired) electrons. The van der Waals surface area contributed by atoms with Gasteiger partial charge in [0.1, 0.15) is 12.1 Å². The Morgan fingerprint density at radius 3 is 2.47 bits per heavy atom. The highest BCUT2D eigenvalue weighted by Gasteiger charge is 2.38. The van der Waals surface area contributed by atoms with Gasteiger partial charge in [-0.15, -0.1) is 0 Å². The summed E-state index contributed by atoms with van der Waals surface area (Å²) in [5.74, 6) is -0.625. The van der Waals surface area contributed by atoms with Gasteiger partial charge >= 0.3 is 0 Å². The Bertz CT molecular complexity index is 968. The predicted molar refractivity (Wildman–Crippen MR) is 114 cm³/mol. The zero-order chi connectivity index (χ0) is 21.5. The van der Waals surface area contributed by atoms with Crippen LogP contribution in [0.2, 0.25) is 0 Å². The summed E-state index contributed by atoms with van der Waals surface area (Å²) >= 11 is 0. The summed E-state index contributed by atoms with van der Waals surface area (Å²) < 4.78 is 0. The first kappa shape index (κ1) is 21.1. The van der Waals surface area contributed by atoms with E-state index < -0.39 is 6.04 Å². The first-order chi connectivity index (χ1) is 14.5. The summed E-state index contributed by atoms with van der Waals surface area (Å²) in [6.45, 7) is 1.96. The quantitative estimate of drug-likeness (QED) is 0.740. The van der Waals surface area contributed by atoms with E-state index >= 15 is 0 Å². The average Bonchev–Trinajstić information content (AvgIpc) is 3.01. The van der Waals surface area contributed by atoms with E-state index in [1.807, 2.05) is 43.3 Å². The van der Waals surface area contributed by atoms with Crippen LogP contribution in [0.15, 0.2) is 54.6 Å². The second kappa shape index (κ2) is 9.70. The van der Waals surface area contributed by atoms with E-state index in [0.717, 1.165) is 5.69 Å². The zero-order valence-corrected chi connectivity index (χ0v) is 16.8. The van der Waals surface area contributed by atoms with Crippen molar-refractivity contribution < 1.29 is 14.4 Å². The van der Waals surface area contributed by atoms with Gasteiger partial charge < -0.3 is 15.5 Å². The summed E-state index contributed by atoms with van der Waals surface area (Å²) in [6, 6.07) is 17.6. The van der Waals surface area contributed by atoms with Gasteiger partial charge in [-0.05, 0) is 44.0 Å². The van der Waals surface area contributed by atoms with E-state index in [4.69, 9.17) is 5.26 Å². The lowest BCUT2D eigenvalue weighted by Gasteiger charge is -2.21. The van der Waals surface area contributed by atoms with Crippen LogP contribution in [0.25, 0.3) is 0 Å². The molecule has 1 aliphatic rings. The predicted octanol–water partition coefficient (Wildman–Crippen LogP) is 2.98. The fraction of sp³-hybridized carbons (Fsp3) is 0.304. The second-order valence-electron chi connectivity index (χ2n) is 7.31. The molecule has 1 saturated heterocycles. The monoisotopic (exact) mass is 404 g/mol. The number of hydrogen-bond donors (Lipinski definition) is 2. The molecule has 1 fully saturated rings. The van der Waals surface area contributed by atoms with Gasteiger partial charge in [-0.25, -0.2) is 0 Å². The summed E-state index contributed by atoms with van der Waals surface area (Å²) in [4.78, 5) is 38.8. The van der Waals surface area contributed by atoms with E-state index in [0.29, 0.717) is 24.1 Å². The normalized spacial score (nSPS) is 18.0. The highest BCUT2D eigenvalue weighted by Crippen LogP contribution is 2.26. The van der Waals surface area contributed by atoms with Gasteiger partial charge in [0.25, 0.3) is 0 Å². The second-order valence-corrected chi connectivity index (χ2v) is 7.31. The fourth-order valence-electron chi connectivity index (χ4n) is 3.60. The van der Waals surface area contributed by atoms with Crippen LogP contribution in [0.5, 0.6) is 0 Å². The molecular weight excluding hydrogens is 380 g/mol. The molecule has 154 valence electrons. The minimum atomic E-state index is -0.552. The van der Waals surface area contributed by atoms with Gasteiger partial charge in [0.05, 0.1) is 11.3 Å². The van der Waals surface area contributed by atoms with E-state index in [9.17, 15) is 14.4 Å². The van der Waals surface area contributed by atoms with Crippen molar-refractivity contribution in [3.05, 3.63) is 60.2 Å². The lowest BCUT2D eigenvalue weighted by Crippen LogP contribution is -2.41. The van der Waals surface area contributed by atoms with Crippen molar-refractivity contribution in [2.24, 2.45) is 0 Å². The third kappa shape index (κ3) is 5.03. The Morgan fingerprint density at radius 2 is 1.73 bits per heavy atom. The van der Waals surface area contributed by atoms with Gasteiger partial charge in [-0.3, -0.25) is 14.4 Å². The maximum atomic E-state index is 12.7. The van der Waals surface area contributed by atoms with Crippen LogP contribution < -0.4 is 15.5 Å². The molecule has 2 aromatic carbocycles. The Labute approximate surface area is 175 Å². The number of nitrogens with zero attached hydrogens (tertiary/aromatic N) is 2. The van der Waals surface area contributed by atoms with E-state index in [1.165, 1.54) is 0 Å². The Morgan fingerprint density at radius 1 is 1.07 bits per heavy atom. The summed E-state index contributed by atoms with van der Waals surface area (Å²) in [7, 11) is 0. The summed E-state index contributed by atoms with van der Waals surface area (Å²) in [6.07, 6.45) is 1.20. The fourth-order valence-corrected chi connectivity index (χ4v) is 3.60. The molecule has 0 bridgehead atoms. The van der Waals surface area contributed by atoms with Gasteiger partial charge in [-0.2, -0.15) is 5.26 Å². The molecule has 30 heavy (non-hydrogen) atoms. The molecule has 2 aromatic rings. The number of para-hydroxylation sites is 2. The highest BCUT2D eigenvalue weighted by molar-refractivity contribution is 6.02. The topological polar surface area (TPSA) is 102 Å². The minimum Gasteiger partial charge on any atom is -0.344 e. The molecule has 2 unspecified atom stereocenters. The van der Waals surface area contributed by atoms with Crippen molar-refractivity contribution >= 4 is 29.1 Å². The standard InChI is InChI=1S/C23H24N4O3/c1-16-14-20(23(30)27(16)18-9-3-2-4-10-18)26-22(29)13-7-12-21(28)25-19-11-6-5-8-17(19)15-24/h2-6,8-11,16,20H,7,12-14H2,1H3,(H,25,28)(H,26,29). The van der Waals surface area contributed by atoms with Crippen molar-refractivity contribution in [2.45, 2.75) is 44.7 Å². The van der Waals surface area contributed by atoms with Gasteiger partial charge in [0, 0.05) is 24.6 Å². The van der Waals surface area contributed by atoms with Crippen LogP contribution in [0.1, 0.15) is 38.2 Å². The maximum absolute atomic E-state index is 12.7. The first-order valence-corrected chi connectivity index (χ1v) is 9.96. The Kier molecular flexibility index (Phi) is 6.81. The number of anilines is 2. The number of hydrogen-bond acceptors (Lipinski definition) is 4. The molecule has 1 aliphatic heterocycles. The van der Waals surface area contributed by atoms with Gasteiger partial charge in [-0.1, -0.05) is 30.3 Å². The molecule has 0 aromatic heterocycles. The molecule has 0 aliphatic carbocycles. The van der Waals surface area contributed by atoms with Crippen molar-refractivity contribution in [1.29, 1.82) is 5.26 Å². The number of nitriles is 1. The number of benzene rings is 2. The van der Waals surface area contributed by atoms with Crippen molar-refractivity contribution in [1.82, 2.24) is 5.32 Å². The molecule has 1 heterocycles. The smallest absolute Gasteiger partial charge is 0.249 e. The number of carbonyl (C=O) groups excluding carboxylic acids is 3. The highest BCUT2D eigenvalue weighted by atomic mass is 16.2. The van der Waals surface area contributed by atoms with E-state index in [2.05, 4.69) is 10.6 Å². The van der Waals surface area contributed by atoms with E-state index in [1.54, 1.807) is 29.2 Å². The molecule has 7 heteroatoms. The average molecular weight is 404 g/mol. The maximum Gasteiger partial charge on any atom is 0.249 e. The molecule has 0 spiro atoms. The lowest BCUT2D eigenvalue weighted by atomic mass is 10.1. The number of carbonyl (C=O) groups is 3. The van der Waals surface area contributed by atoms with Crippen LogP contribution in [-0.4, -0.2) is 29.8 Å². The molecule has 3 amide bonds. The van der Waals surface area contributed by atoms with Crippen LogP contribution >= 0.6 is 0 Å². The molecule has 7 nitrogen and oxygen atoms in total. The summed E-state index contributed by atoms with van der Waals surface area (Å²) in [5, 5.41) is 14.5. The number of nitrogens with one attached hydrogen (secondary N) is 2. The minimum absolute atomic E-state index is 0.00354. The summed E-state index contributed by atoms with van der Waals surface area (Å²) in [5.41, 5.74) is 1.67. The lowest BCUT2D eigenvalue weighted by molar-refractivity contribution is -0.126. The Balaban J connectivity index is 1.45. The van der Waals surface area contributed by atoms with E-state index in [-0.39, 0.29) is 36.6 Å². The third-order valence-electron chi connectivity index (χ3n) is 5.05. The molecular formula is C23H24N4O3. The Hall–Kier alpha value is -3.66. The molecule has 2 N–H and O–H groups in total. The van der Waals surface area contributed by atoms with Crippen molar-refractivity contribution in [3.8, 4) is 6.07 Å². The van der Waals surface area contributed by atoms with Crippen molar-refractivity contribution in [3.63, 3.8) is 0 Å². The molecule has 2 atom stereocenters. The number of amides is 3. The third-order valence-corrected chi connectivity index (χ3v) is 5.05. The van der Waals surface area contributed by atoms with Crippen LogP contribution in [0.4, 0.5) is 11.4 Å². The van der Waals surface area contributed by atoms with Crippen LogP contribution in [0.3, 0.4) is 0 Å². The molecule has 3 rings (SSSR count). The SMILES string of the molecule is CC1CC(NC(=O)CCCC(=O)Nc2ccccc2C#N)C(=O)N1c1ccccc1. The molecule has 0 saturated carbocycles. The number of rotatable bonds is 7.